The fourth-order valence-corrected chi connectivity index (χ4v) is 2.28. The molecule has 5 heteroatoms. The molecule has 0 fully saturated rings. The summed E-state index contributed by atoms with van der Waals surface area (Å²) in [7, 11) is 0. The van der Waals surface area contributed by atoms with Gasteiger partial charge in [-0.05, 0) is 18.1 Å². The highest BCUT2D eigenvalue weighted by molar-refractivity contribution is 7.71. The second-order valence-electron chi connectivity index (χ2n) is 4.25. The third-order valence-electron chi connectivity index (χ3n) is 2.68. The summed E-state index contributed by atoms with van der Waals surface area (Å²) in [5, 5.41) is 0. The van der Waals surface area contributed by atoms with Gasteiger partial charge in [-0.1, -0.05) is 32.1 Å². The molecular weight excluding hydrogens is 254 g/mol. The minimum atomic E-state index is -0.617. The zero-order valence-corrected chi connectivity index (χ0v) is 10.8. The van der Waals surface area contributed by atoms with Crippen molar-refractivity contribution in [2.24, 2.45) is 0 Å². The number of nitrogens with one attached hydrogen (secondary N) is 1. The molecule has 0 unspecified atom stereocenters. The zero-order valence-electron chi connectivity index (χ0n) is 10.00. The van der Waals surface area contributed by atoms with Gasteiger partial charge in [0.15, 0.2) is 0 Å². The summed E-state index contributed by atoms with van der Waals surface area (Å²) in [6, 6.07) is 3.78. The lowest BCUT2D eigenvalue weighted by atomic mass is 9.98. The van der Waals surface area contributed by atoms with Crippen molar-refractivity contribution in [3.63, 3.8) is 0 Å². The molecule has 18 heavy (non-hydrogen) atoms. The lowest BCUT2D eigenvalue weighted by Gasteiger charge is -2.13. The molecule has 0 aliphatic heterocycles. The summed E-state index contributed by atoms with van der Waals surface area (Å²) in [5.41, 5.74) is 0.923. The van der Waals surface area contributed by atoms with Gasteiger partial charge in [0, 0.05) is 5.56 Å². The fraction of sp³-hybridized carbons (Fsp3) is 0.231. The zero-order chi connectivity index (χ0) is 13.3. The Morgan fingerprint density at radius 3 is 2.39 bits per heavy atom. The molecule has 0 aliphatic carbocycles. The highest BCUT2D eigenvalue weighted by Gasteiger charge is 2.18. The van der Waals surface area contributed by atoms with Crippen molar-refractivity contribution in [2.75, 3.05) is 0 Å². The third kappa shape index (κ3) is 2.18. The van der Waals surface area contributed by atoms with Crippen LogP contribution in [0.5, 0.6) is 0 Å². The van der Waals surface area contributed by atoms with Gasteiger partial charge in [0.05, 0.1) is 17.6 Å². The maximum Gasteiger partial charge on any atom is 0.135 e. The van der Waals surface area contributed by atoms with E-state index in [-0.39, 0.29) is 11.5 Å². The van der Waals surface area contributed by atoms with Gasteiger partial charge in [-0.25, -0.2) is 13.8 Å². The first-order chi connectivity index (χ1) is 8.52. The molecule has 2 nitrogen and oxygen atoms in total. The van der Waals surface area contributed by atoms with Gasteiger partial charge in [-0.15, -0.1) is 0 Å². The predicted molar refractivity (Wildman–Crippen MR) is 68.9 cm³/mol. The van der Waals surface area contributed by atoms with E-state index in [1.807, 2.05) is 13.8 Å². The summed E-state index contributed by atoms with van der Waals surface area (Å²) in [6.45, 7) is 3.81. The first-order valence-corrected chi connectivity index (χ1v) is 5.95. The summed E-state index contributed by atoms with van der Waals surface area (Å²) in [6.07, 6.45) is 1.36. The molecule has 0 aliphatic rings. The molecule has 0 atom stereocenters. The summed E-state index contributed by atoms with van der Waals surface area (Å²) >= 11 is 5.13. The Bertz CT molecular complexity index is 615. The molecule has 1 aromatic heterocycles. The van der Waals surface area contributed by atoms with Crippen molar-refractivity contribution < 1.29 is 8.78 Å². The molecular formula is C13H12F2N2S. The Kier molecular flexibility index (Phi) is 3.52. The third-order valence-corrected chi connectivity index (χ3v) is 3.01. The van der Waals surface area contributed by atoms with Crippen molar-refractivity contribution in [1.82, 2.24) is 9.97 Å². The van der Waals surface area contributed by atoms with Crippen LogP contribution in [-0.2, 0) is 0 Å². The van der Waals surface area contributed by atoms with Crippen LogP contribution in [0.3, 0.4) is 0 Å². The topological polar surface area (TPSA) is 28.7 Å². The molecule has 0 amide bonds. The minimum Gasteiger partial charge on any atom is -0.345 e. The van der Waals surface area contributed by atoms with Gasteiger partial charge in [-0.3, -0.25) is 0 Å². The van der Waals surface area contributed by atoms with Gasteiger partial charge in [0.2, 0.25) is 0 Å². The maximum atomic E-state index is 13.8. The van der Waals surface area contributed by atoms with E-state index in [1.54, 1.807) is 0 Å². The monoisotopic (exact) mass is 266 g/mol. The Morgan fingerprint density at radius 1 is 1.22 bits per heavy atom. The highest BCUT2D eigenvalue weighted by Crippen LogP contribution is 2.31. The molecule has 0 bridgehead atoms. The van der Waals surface area contributed by atoms with Crippen LogP contribution in [0.15, 0.2) is 24.5 Å². The van der Waals surface area contributed by atoms with Crippen molar-refractivity contribution in [3.8, 4) is 11.3 Å². The van der Waals surface area contributed by atoms with Gasteiger partial charge in [0.25, 0.3) is 0 Å². The van der Waals surface area contributed by atoms with E-state index in [0.29, 0.717) is 15.9 Å². The van der Waals surface area contributed by atoms with E-state index in [1.165, 1.54) is 24.5 Å². The number of aromatic amines is 1. The molecule has 1 heterocycles. The molecule has 94 valence electrons. The molecule has 0 saturated carbocycles. The highest BCUT2D eigenvalue weighted by atomic mass is 32.1. The van der Waals surface area contributed by atoms with Crippen molar-refractivity contribution in [3.05, 3.63) is 46.4 Å². The Hall–Kier alpha value is -1.62. The molecule has 0 radical (unpaired) electrons. The van der Waals surface area contributed by atoms with Crippen LogP contribution in [0.25, 0.3) is 11.3 Å². The van der Waals surface area contributed by atoms with Gasteiger partial charge < -0.3 is 4.98 Å². The number of halogens is 2. The average Bonchev–Trinajstić information content (AvgIpc) is 2.28. The second kappa shape index (κ2) is 4.94. The van der Waals surface area contributed by atoms with Crippen LogP contribution < -0.4 is 0 Å². The van der Waals surface area contributed by atoms with Crippen LogP contribution in [-0.4, -0.2) is 9.97 Å². The molecule has 0 saturated heterocycles. The quantitative estimate of drug-likeness (QED) is 0.825. The lowest BCUT2D eigenvalue weighted by Crippen LogP contribution is -2.02. The second-order valence-corrected chi connectivity index (χ2v) is 4.63. The smallest absolute Gasteiger partial charge is 0.135 e. The minimum absolute atomic E-state index is 0.0245. The van der Waals surface area contributed by atoms with Gasteiger partial charge in [0.1, 0.15) is 16.3 Å². The van der Waals surface area contributed by atoms with E-state index in [2.05, 4.69) is 9.97 Å². The van der Waals surface area contributed by atoms with E-state index in [4.69, 9.17) is 12.2 Å². The van der Waals surface area contributed by atoms with Gasteiger partial charge >= 0.3 is 0 Å². The first-order valence-electron chi connectivity index (χ1n) is 5.54. The fourth-order valence-electron chi connectivity index (χ4n) is 1.89. The van der Waals surface area contributed by atoms with Crippen LogP contribution in [0.4, 0.5) is 8.78 Å². The number of aromatic nitrogens is 2. The normalized spacial score (nSPS) is 10.9. The Morgan fingerprint density at radius 2 is 1.83 bits per heavy atom. The predicted octanol–water partition coefficient (Wildman–Crippen LogP) is 4.21. The van der Waals surface area contributed by atoms with E-state index < -0.39 is 11.6 Å². The van der Waals surface area contributed by atoms with Crippen molar-refractivity contribution >= 4 is 12.2 Å². The largest absolute Gasteiger partial charge is 0.345 e. The van der Waals surface area contributed by atoms with Crippen LogP contribution in [0, 0.1) is 16.3 Å². The number of hydrogen-bond donors (Lipinski definition) is 1. The van der Waals surface area contributed by atoms with E-state index in [9.17, 15) is 8.78 Å². The lowest BCUT2D eigenvalue weighted by molar-refractivity contribution is 0.587. The van der Waals surface area contributed by atoms with Gasteiger partial charge in [-0.2, -0.15) is 0 Å². The number of rotatable bonds is 2. The summed E-state index contributed by atoms with van der Waals surface area (Å²) in [4.78, 5) is 6.76. The van der Waals surface area contributed by atoms with Crippen molar-refractivity contribution in [1.29, 1.82) is 0 Å². The van der Waals surface area contributed by atoms with Crippen LogP contribution in [0.2, 0.25) is 0 Å². The average molecular weight is 266 g/mol. The Labute approximate surface area is 109 Å². The van der Waals surface area contributed by atoms with E-state index >= 15 is 0 Å². The molecule has 2 rings (SSSR count). The standard InChI is InChI=1S/C13H12F2N2S/c1-7(2)10-12(16-6-17-13(10)18)11-8(14)4-3-5-9(11)15/h3-7H,1-2H3,(H,16,17,18). The molecule has 1 aromatic carbocycles. The first kappa shape index (κ1) is 12.8. The number of benzene rings is 1. The van der Waals surface area contributed by atoms with Crippen molar-refractivity contribution in [2.45, 2.75) is 19.8 Å². The molecule has 0 spiro atoms. The number of nitrogens with zero attached hydrogens (tertiary/aromatic N) is 1. The van der Waals surface area contributed by atoms with E-state index in [0.717, 1.165) is 0 Å². The number of hydrogen-bond acceptors (Lipinski definition) is 2. The maximum absolute atomic E-state index is 13.8. The van der Waals surface area contributed by atoms with Crippen LogP contribution in [0.1, 0.15) is 25.3 Å². The SMILES string of the molecule is CC(C)c1c(-c2c(F)cccc2F)[nH]cnc1=S. The van der Waals surface area contributed by atoms with Crippen LogP contribution >= 0.6 is 12.2 Å². The molecule has 2 aromatic rings. The summed E-state index contributed by atoms with van der Waals surface area (Å²) < 4.78 is 28.0. The Balaban J connectivity index is 2.80. The summed E-state index contributed by atoms with van der Waals surface area (Å²) in [5.74, 6) is -1.21. The molecule has 1 N–H and O–H groups in total. The number of H-pyrrole nitrogens is 1.